The van der Waals surface area contributed by atoms with Gasteiger partial charge in [-0.3, -0.25) is 0 Å². The summed E-state index contributed by atoms with van der Waals surface area (Å²) in [7, 11) is 0. The smallest absolute Gasteiger partial charge is 0.0457 e. The van der Waals surface area contributed by atoms with Crippen LogP contribution in [0.2, 0.25) is 0 Å². The molecule has 2 N–H and O–H groups in total. The lowest BCUT2D eigenvalue weighted by atomic mass is 9.94. The van der Waals surface area contributed by atoms with Crippen LogP contribution in [-0.4, -0.2) is 11.5 Å². The Bertz CT molecular complexity index is 539. The quantitative estimate of drug-likeness (QED) is 0.785. The summed E-state index contributed by atoms with van der Waals surface area (Å²) in [6.45, 7) is 2.10. The molecule has 2 aromatic rings. The first-order valence-electron chi connectivity index (χ1n) is 6.84. The number of hydrogen-bond acceptors (Lipinski definition) is 1. The Morgan fingerprint density at radius 3 is 3.11 bits per heavy atom. The molecule has 1 heterocycles. The van der Waals surface area contributed by atoms with E-state index in [1.807, 2.05) is 6.20 Å². The third-order valence-electron chi connectivity index (χ3n) is 3.81. The minimum absolute atomic E-state index is 0.820. The number of fused-ring (bicyclic) bond motifs is 1. The average Bonchev–Trinajstić information content (AvgIpc) is 2.89. The molecule has 0 bridgehead atoms. The highest BCUT2D eigenvalue weighted by Crippen LogP contribution is 2.19. The molecular formula is C16H20N2. The second-order valence-electron chi connectivity index (χ2n) is 5.14. The maximum absolute atomic E-state index is 3.61. The minimum atomic E-state index is 0.820. The van der Waals surface area contributed by atoms with Crippen molar-refractivity contribution < 1.29 is 0 Å². The highest BCUT2D eigenvalue weighted by molar-refractivity contribution is 5.82. The van der Waals surface area contributed by atoms with Crippen LogP contribution in [0.25, 0.3) is 10.9 Å². The molecule has 1 aromatic heterocycles. The van der Waals surface area contributed by atoms with Crippen molar-refractivity contribution in [2.75, 3.05) is 6.54 Å². The van der Waals surface area contributed by atoms with Crippen molar-refractivity contribution in [3.8, 4) is 0 Å². The molecule has 1 unspecified atom stereocenters. The molecule has 0 aliphatic heterocycles. The van der Waals surface area contributed by atoms with Gasteiger partial charge in [0.05, 0.1) is 0 Å². The predicted octanol–water partition coefficient (Wildman–Crippen LogP) is 3.61. The van der Waals surface area contributed by atoms with E-state index in [9.17, 15) is 0 Å². The van der Waals surface area contributed by atoms with Gasteiger partial charge in [-0.05, 0) is 49.4 Å². The number of allylic oxidation sites excluding steroid dienone is 2. The van der Waals surface area contributed by atoms with Crippen molar-refractivity contribution in [2.45, 2.75) is 25.8 Å². The van der Waals surface area contributed by atoms with Gasteiger partial charge in [-0.2, -0.15) is 0 Å². The molecule has 1 aliphatic carbocycles. The van der Waals surface area contributed by atoms with Gasteiger partial charge in [0, 0.05) is 23.6 Å². The molecule has 1 aromatic carbocycles. The summed E-state index contributed by atoms with van der Waals surface area (Å²) in [5, 5.41) is 4.95. The van der Waals surface area contributed by atoms with E-state index in [0.29, 0.717) is 0 Å². The van der Waals surface area contributed by atoms with E-state index >= 15 is 0 Å². The number of hydrogen-bond donors (Lipinski definition) is 2. The second kappa shape index (κ2) is 5.40. The first-order chi connectivity index (χ1) is 8.93. The van der Waals surface area contributed by atoms with Gasteiger partial charge in [0.25, 0.3) is 0 Å². The lowest BCUT2D eigenvalue weighted by Gasteiger charge is -2.18. The molecule has 0 spiro atoms. The Balaban J connectivity index is 1.59. The van der Waals surface area contributed by atoms with Gasteiger partial charge in [0.15, 0.2) is 0 Å². The fourth-order valence-electron chi connectivity index (χ4n) is 2.76. The molecule has 0 saturated heterocycles. The summed E-state index contributed by atoms with van der Waals surface area (Å²) in [5.74, 6) is 0.820. The minimum Gasteiger partial charge on any atom is -0.361 e. The zero-order chi connectivity index (χ0) is 12.2. The first kappa shape index (κ1) is 11.5. The fourth-order valence-corrected chi connectivity index (χ4v) is 2.76. The third kappa shape index (κ3) is 2.49. The molecule has 2 nitrogen and oxygen atoms in total. The van der Waals surface area contributed by atoms with E-state index < -0.39 is 0 Å². The molecule has 0 saturated carbocycles. The zero-order valence-electron chi connectivity index (χ0n) is 10.7. The maximum Gasteiger partial charge on any atom is 0.0457 e. The van der Waals surface area contributed by atoms with Crippen LogP contribution in [0.4, 0.5) is 0 Å². The van der Waals surface area contributed by atoms with Gasteiger partial charge in [0.1, 0.15) is 0 Å². The number of H-pyrrole nitrogens is 1. The predicted molar refractivity (Wildman–Crippen MR) is 76.5 cm³/mol. The Labute approximate surface area is 108 Å². The Hall–Kier alpha value is -1.54. The maximum atomic E-state index is 3.61. The van der Waals surface area contributed by atoms with E-state index in [4.69, 9.17) is 0 Å². The van der Waals surface area contributed by atoms with Gasteiger partial charge in [-0.15, -0.1) is 0 Å². The van der Waals surface area contributed by atoms with Gasteiger partial charge in [0.2, 0.25) is 0 Å². The number of benzene rings is 1. The van der Waals surface area contributed by atoms with Crippen LogP contribution in [0.3, 0.4) is 0 Å². The Morgan fingerprint density at radius 1 is 1.22 bits per heavy atom. The highest BCUT2D eigenvalue weighted by Gasteiger charge is 2.09. The van der Waals surface area contributed by atoms with Crippen LogP contribution in [0.1, 0.15) is 24.8 Å². The lowest BCUT2D eigenvalue weighted by molar-refractivity contribution is 0.441. The molecule has 18 heavy (non-hydrogen) atoms. The first-order valence-corrected chi connectivity index (χ1v) is 6.84. The van der Waals surface area contributed by atoms with Crippen molar-refractivity contribution >= 4 is 10.9 Å². The van der Waals surface area contributed by atoms with Gasteiger partial charge in [-0.25, -0.2) is 0 Å². The van der Waals surface area contributed by atoms with Gasteiger partial charge < -0.3 is 10.3 Å². The second-order valence-corrected chi connectivity index (χ2v) is 5.14. The molecular weight excluding hydrogens is 220 g/mol. The zero-order valence-corrected chi connectivity index (χ0v) is 10.7. The van der Waals surface area contributed by atoms with Crippen molar-refractivity contribution in [2.24, 2.45) is 5.92 Å². The van der Waals surface area contributed by atoms with Crippen LogP contribution in [0, 0.1) is 5.92 Å². The van der Waals surface area contributed by atoms with Crippen LogP contribution >= 0.6 is 0 Å². The van der Waals surface area contributed by atoms with Crippen molar-refractivity contribution in [1.82, 2.24) is 10.3 Å². The Morgan fingerprint density at radius 2 is 2.22 bits per heavy atom. The molecule has 94 valence electrons. The highest BCUT2D eigenvalue weighted by atomic mass is 14.9. The van der Waals surface area contributed by atoms with E-state index in [-0.39, 0.29) is 0 Å². The summed E-state index contributed by atoms with van der Waals surface area (Å²) in [6, 6.07) is 8.63. The number of rotatable bonds is 4. The number of nitrogens with one attached hydrogen (secondary N) is 2. The normalized spacial score (nSPS) is 19.4. The summed E-state index contributed by atoms with van der Waals surface area (Å²) >= 11 is 0. The van der Waals surface area contributed by atoms with Crippen LogP contribution in [0.15, 0.2) is 42.6 Å². The summed E-state index contributed by atoms with van der Waals surface area (Å²) < 4.78 is 0. The van der Waals surface area contributed by atoms with E-state index in [1.165, 1.54) is 35.7 Å². The van der Waals surface area contributed by atoms with Gasteiger partial charge in [-0.1, -0.05) is 24.3 Å². The standard InChI is InChI=1S/C16H20N2/c1-2-5-13(6-3-1)11-17-12-14-7-4-8-16-15(14)9-10-18-16/h1-2,4,7-10,13,17-18H,3,5-6,11-12H2. The SMILES string of the molecule is C1=CCC(CNCc2cccc3[nH]ccc23)CC1. The fraction of sp³-hybridized carbons (Fsp3) is 0.375. The molecule has 2 heteroatoms. The van der Waals surface area contributed by atoms with E-state index in [2.05, 4.69) is 46.7 Å². The van der Waals surface area contributed by atoms with Crippen LogP contribution < -0.4 is 5.32 Å². The average molecular weight is 240 g/mol. The largest absolute Gasteiger partial charge is 0.361 e. The molecule has 0 amide bonds. The molecule has 1 atom stereocenters. The topological polar surface area (TPSA) is 27.8 Å². The Kier molecular flexibility index (Phi) is 3.47. The summed E-state index contributed by atoms with van der Waals surface area (Å²) in [5.41, 5.74) is 2.62. The summed E-state index contributed by atoms with van der Waals surface area (Å²) in [6.07, 6.45) is 10.5. The number of aromatic amines is 1. The molecule has 0 fully saturated rings. The van der Waals surface area contributed by atoms with Crippen molar-refractivity contribution in [3.63, 3.8) is 0 Å². The van der Waals surface area contributed by atoms with Crippen LogP contribution in [-0.2, 0) is 6.54 Å². The van der Waals surface area contributed by atoms with E-state index in [1.54, 1.807) is 0 Å². The molecule has 1 aliphatic rings. The monoisotopic (exact) mass is 240 g/mol. The molecule has 0 radical (unpaired) electrons. The number of aromatic nitrogens is 1. The van der Waals surface area contributed by atoms with Crippen LogP contribution in [0.5, 0.6) is 0 Å². The van der Waals surface area contributed by atoms with E-state index in [0.717, 1.165) is 19.0 Å². The summed E-state index contributed by atoms with van der Waals surface area (Å²) in [4.78, 5) is 3.26. The molecule has 3 rings (SSSR count). The van der Waals surface area contributed by atoms with Gasteiger partial charge >= 0.3 is 0 Å². The third-order valence-corrected chi connectivity index (χ3v) is 3.81. The van der Waals surface area contributed by atoms with Crippen molar-refractivity contribution in [3.05, 3.63) is 48.2 Å². The van der Waals surface area contributed by atoms with Crippen molar-refractivity contribution in [1.29, 1.82) is 0 Å². The lowest BCUT2D eigenvalue weighted by Crippen LogP contribution is -2.23.